The molecule has 2 spiro atoms. The van der Waals surface area contributed by atoms with E-state index in [-0.39, 0.29) is 0 Å². The molecule has 26 heavy (non-hydrogen) atoms. The van der Waals surface area contributed by atoms with E-state index in [9.17, 15) is 4.39 Å². The second-order valence-electron chi connectivity index (χ2n) is 9.96. The number of aryl methyl sites for hydroxylation is 1. The summed E-state index contributed by atoms with van der Waals surface area (Å²) in [6, 6.07) is 4.77. The molecular formula is C21H30FN3S. The lowest BCUT2D eigenvalue weighted by atomic mass is 9.53. The second kappa shape index (κ2) is 5.68. The van der Waals surface area contributed by atoms with E-state index in [1.165, 1.54) is 58.3 Å². The van der Waals surface area contributed by atoms with Crippen LogP contribution < -0.4 is 0 Å². The molecule has 0 aromatic carbocycles. The van der Waals surface area contributed by atoms with Gasteiger partial charge in [0.1, 0.15) is 5.67 Å². The van der Waals surface area contributed by atoms with E-state index in [0.29, 0.717) is 11.1 Å². The predicted molar refractivity (Wildman–Crippen MR) is 104 cm³/mol. The van der Waals surface area contributed by atoms with Gasteiger partial charge in [-0.25, -0.2) is 8.70 Å². The molecule has 3 nitrogen and oxygen atoms in total. The van der Waals surface area contributed by atoms with Crippen molar-refractivity contribution in [1.29, 1.82) is 0 Å². The minimum atomic E-state index is -1.37. The van der Waals surface area contributed by atoms with Crippen LogP contribution in [0.15, 0.2) is 17.0 Å². The van der Waals surface area contributed by atoms with Gasteiger partial charge in [-0.3, -0.25) is 9.88 Å². The van der Waals surface area contributed by atoms with Gasteiger partial charge in [-0.2, -0.15) is 0 Å². The second-order valence-corrected chi connectivity index (χ2v) is 11.1. The average Bonchev–Trinajstić information content (AvgIpc) is 2.39. The molecule has 2 aliphatic carbocycles. The maximum absolute atomic E-state index is 14.1. The normalized spacial score (nSPS) is 27.7. The highest BCUT2D eigenvalue weighted by atomic mass is 32.2. The number of pyridine rings is 1. The van der Waals surface area contributed by atoms with E-state index in [1.807, 2.05) is 19.1 Å². The van der Waals surface area contributed by atoms with E-state index >= 15 is 0 Å². The SMILES string of the molecule is Cc1nc(C(C)(C)F)ccc1SN1CC2(C1)CN(C1CC3(CCC3)C1)C2. The summed E-state index contributed by atoms with van der Waals surface area (Å²) in [7, 11) is 0. The molecule has 0 amide bonds. The lowest BCUT2D eigenvalue weighted by molar-refractivity contribution is -0.151. The van der Waals surface area contributed by atoms with Crippen molar-refractivity contribution < 1.29 is 4.39 Å². The maximum Gasteiger partial charge on any atom is 0.147 e. The number of rotatable bonds is 4. The topological polar surface area (TPSA) is 19.4 Å². The molecular weight excluding hydrogens is 345 g/mol. The van der Waals surface area contributed by atoms with E-state index in [4.69, 9.17) is 0 Å². The molecule has 2 saturated heterocycles. The summed E-state index contributed by atoms with van der Waals surface area (Å²) in [4.78, 5) is 8.39. The van der Waals surface area contributed by atoms with Crippen LogP contribution in [0.1, 0.15) is 57.3 Å². The molecule has 1 aromatic rings. The molecule has 1 aromatic heterocycles. The Bertz CT molecular complexity index is 702. The third-order valence-electron chi connectivity index (χ3n) is 7.24. The number of likely N-dealkylation sites (tertiary alicyclic amines) is 1. The smallest absolute Gasteiger partial charge is 0.147 e. The summed E-state index contributed by atoms with van der Waals surface area (Å²) in [6.45, 7) is 10.1. The van der Waals surface area contributed by atoms with Gasteiger partial charge in [0.25, 0.3) is 0 Å². The molecule has 142 valence electrons. The van der Waals surface area contributed by atoms with E-state index < -0.39 is 5.67 Å². The van der Waals surface area contributed by atoms with Crippen LogP contribution in [-0.2, 0) is 5.67 Å². The van der Waals surface area contributed by atoms with Crippen LogP contribution in [0.5, 0.6) is 0 Å². The molecule has 0 bridgehead atoms. The van der Waals surface area contributed by atoms with Gasteiger partial charge in [0.05, 0.1) is 11.4 Å². The molecule has 5 rings (SSSR count). The van der Waals surface area contributed by atoms with Crippen molar-refractivity contribution in [1.82, 2.24) is 14.2 Å². The lowest BCUT2D eigenvalue weighted by Crippen LogP contribution is -2.74. The fraction of sp³-hybridized carbons (Fsp3) is 0.762. The monoisotopic (exact) mass is 375 g/mol. The van der Waals surface area contributed by atoms with Crippen molar-refractivity contribution in [3.63, 3.8) is 0 Å². The van der Waals surface area contributed by atoms with Crippen LogP contribution in [0.25, 0.3) is 0 Å². The van der Waals surface area contributed by atoms with Crippen molar-refractivity contribution in [2.24, 2.45) is 10.8 Å². The number of alkyl halides is 1. The van der Waals surface area contributed by atoms with Crippen molar-refractivity contribution in [2.75, 3.05) is 26.2 Å². The van der Waals surface area contributed by atoms with Crippen LogP contribution in [0.2, 0.25) is 0 Å². The van der Waals surface area contributed by atoms with Crippen LogP contribution in [0.4, 0.5) is 4.39 Å². The number of aromatic nitrogens is 1. The first-order valence-corrected chi connectivity index (χ1v) is 10.9. The summed E-state index contributed by atoms with van der Waals surface area (Å²) >= 11 is 1.80. The molecule has 2 saturated carbocycles. The van der Waals surface area contributed by atoms with E-state index in [1.54, 1.807) is 25.8 Å². The standard InChI is InChI=1S/C21H30FN3S/c1-15-17(5-6-18(23-15)19(2,3)22)26-25-13-21(14-25)11-24(12-21)16-9-20(10-16)7-4-8-20/h5-6,16H,4,7-14H2,1-3H3. The number of halogens is 1. The number of nitrogens with zero attached hydrogens (tertiary/aromatic N) is 3. The number of hydrogen-bond acceptors (Lipinski definition) is 4. The van der Waals surface area contributed by atoms with Crippen molar-refractivity contribution in [2.45, 2.75) is 69.5 Å². The minimum absolute atomic E-state index is 0.527. The van der Waals surface area contributed by atoms with E-state index in [2.05, 4.69) is 14.2 Å². The quantitative estimate of drug-likeness (QED) is 0.719. The van der Waals surface area contributed by atoms with Gasteiger partial charge in [-0.05, 0) is 76.0 Å². The summed E-state index contributed by atoms with van der Waals surface area (Å²) < 4.78 is 16.5. The molecule has 5 heteroatoms. The molecule has 2 aliphatic heterocycles. The zero-order valence-electron chi connectivity index (χ0n) is 16.2. The first-order valence-electron chi connectivity index (χ1n) is 10.1. The Morgan fingerprint density at radius 2 is 1.81 bits per heavy atom. The summed E-state index contributed by atoms with van der Waals surface area (Å²) in [6.07, 6.45) is 7.42. The van der Waals surface area contributed by atoms with Gasteiger partial charge in [0.15, 0.2) is 0 Å². The molecule has 4 fully saturated rings. The number of hydrogen-bond donors (Lipinski definition) is 0. The van der Waals surface area contributed by atoms with Gasteiger partial charge in [-0.1, -0.05) is 6.42 Å². The highest BCUT2D eigenvalue weighted by Crippen LogP contribution is 2.59. The highest BCUT2D eigenvalue weighted by molar-refractivity contribution is 7.97. The molecule has 0 radical (unpaired) electrons. The Balaban J connectivity index is 1.11. The van der Waals surface area contributed by atoms with Gasteiger partial charge in [0, 0.05) is 42.5 Å². The third kappa shape index (κ3) is 2.82. The van der Waals surface area contributed by atoms with Crippen molar-refractivity contribution >= 4 is 11.9 Å². The summed E-state index contributed by atoms with van der Waals surface area (Å²) in [5, 5.41) is 0. The van der Waals surface area contributed by atoms with Crippen LogP contribution in [0.3, 0.4) is 0 Å². The zero-order valence-corrected chi connectivity index (χ0v) is 17.0. The van der Waals surface area contributed by atoms with Crippen LogP contribution in [0, 0.1) is 17.8 Å². The Morgan fingerprint density at radius 3 is 2.35 bits per heavy atom. The fourth-order valence-electron chi connectivity index (χ4n) is 5.44. The largest absolute Gasteiger partial charge is 0.299 e. The van der Waals surface area contributed by atoms with Crippen LogP contribution in [-0.4, -0.2) is 46.4 Å². The van der Waals surface area contributed by atoms with Gasteiger partial charge in [-0.15, -0.1) is 0 Å². The molecule has 0 N–H and O–H groups in total. The zero-order chi connectivity index (χ0) is 18.2. The Hall–Kier alpha value is -0.650. The Kier molecular flexibility index (Phi) is 3.81. The van der Waals surface area contributed by atoms with Crippen molar-refractivity contribution in [3.8, 4) is 0 Å². The lowest BCUT2D eigenvalue weighted by Gasteiger charge is -2.66. The third-order valence-corrected chi connectivity index (χ3v) is 8.39. The summed E-state index contributed by atoms with van der Waals surface area (Å²) in [5.74, 6) is 0. The molecule has 3 heterocycles. The minimum Gasteiger partial charge on any atom is -0.299 e. The van der Waals surface area contributed by atoms with E-state index in [0.717, 1.165) is 22.0 Å². The van der Waals surface area contributed by atoms with Gasteiger partial charge < -0.3 is 0 Å². The molecule has 4 aliphatic rings. The average molecular weight is 376 g/mol. The van der Waals surface area contributed by atoms with Crippen molar-refractivity contribution in [3.05, 3.63) is 23.5 Å². The molecule has 0 atom stereocenters. The highest BCUT2D eigenvalue weighted by Gasteiger charge is 2.58. The van der Waals surface area contributed by atoms with Gasteiger partial charge in [0.2, 0.25) is 0 Å². The summed E-state index contributed by atoms with van der Waals surface area (Å²) in [5.41, 5.74) is 1.44. The fourth-order valence-corrected chi connectivity index (χ4v) is 6.70. The predicted octanol–water partition coefficient (Wildman–Crippen LogP) is 4.55. The maximum atomic E-state index is 14.1. The Labute approximate surface area is 160 Å². The Morgan fingerprint density at radius 1 is 1.12 bits per heavy atom. The molecule has 0 unspecified atom stereocenters. The van der Waals surface area contributed by atoms with Gasteiger partial charge >= 0.3 is 0 Å². The first kappa shape index (κ1) is 17.4. The van der Waals surface area contributed by atoms with Crippen LogP contribution >= 0.6 is 11.9 Å². The first-order chi connectivity index (χ1) is 12.3.